The fourth-order valence-corrected chi connectivity index (χ4v) is 3.59. The van der Waals surface area contributed by atoms with Gasteiger partial charge in [-0.05, 0) is 18.2 Å². The van der Waals surface area contributed by atoms with Crippen molar-refractivity contribution in [2.75, 3.05) is 19.0 Å². The largest absolute Gasteiger partial charge is 0.491 e. The Morgan fingerprint density at radius 2 is 2.10 bits per heavy atom. The van der Waals surface area contributed by atoms with Gasteiger partial charge in [0.25, 0.3) is 5.92 Å². The van der Waals surface area contributed by atoms with Gasteiger partial charge in [0.15, 0.2) is 9.84 Å². The van der Waals surface area contributed by atoms with Crippen molar-refractivity contribution in [3.05, 3.63) is 24.3 Å². The fraction of sp³-hybridized carbons (Fsp3) is 0.538. The molecule has 2 atom stereocenters. The van der Waals surface area contributed by atoms with Gasteiger partial charge >= 0.3 is 0 Å². The quantitative estimate of drug-likeness (QED) is 0.753. The molecule has 1 heterocycles. The van der Waals surface area contributed by atoms with E-state index < -0.39 is 27.4 Å². The summed E-state index contributed by atoms with van der Waals surface area (Å²) < 4.78 is 60.2. The molecular weight excluding hydrogens is 290 g/mol. The Morgan fingerprint density at radius 1 is 1.40 bits per heavy atom. The van der Waals surface area contributed by atoms with Gasteiger partial charge in [-0.3, -0.25) is 0 Å². The molecule has 1 unspecified atom stereocenters. The average molecular weight is 304 g/mol. The summed E-state index contributed by atoms with van der Waals surface area (Å²) >= 11 is 0. The number of epoxide rings is 1. The minimum atomic E-state index is -3.70. The molecule has 0 amide bonds. The van der Waals surface area contributed by atoms with Crippen LogP contribution in [0.1, 0.15) is 6.42 Å². The number of benzene rings is 1. The van der Waals surface area contributed by atoms with Gasteiger partial charge in [-0.15, -0.1) is 0 Å². The van der Waals surface area contributed by atoms with Gasteiger partial charge in [-0.2, -0.15) is 0 Å². The van der Waals surface area contributed by atoms with Gasteiger partial charge in [-0.25, -0.2) is 17.2 Å². The highest BCUT2D eigenvalue weighted by molar-refractivity contribution is 7.91. The summed E-state index contributed by atoms with van der Waals surface area (Å²) in [4.78, 5) is 0.0226. The van der Waals surface area contributed by atoms with Gasteiger partial charge in [0.1, 0.15) is 18.5 Å². The number of alkyl halides is 2. The second-order valence-corrected chi connectivity index (χ2v) is 7.22. The third kappa shape index (κ3) is 3.09. The Labute approximate surface area is 115 Å². The number of halogens is 2. The molecule has 7 heteroatoms. The van der Waals surface area contributed by atoms with Crippen molar-refractivity contribution in [2.45, 2.75) is 23.3 Å². The molecule has 0 bridgehead atoms. The Balaban J connectivity index is 1.69. The van der Waals surface area contributed by atoms with Crippen LogP contribution in [0.15, 0.2) is 29.2 Å². The first-order valence-electron chi connectivity index (χ1n) is 6.32. The van der Waals surface area contributed by atoms with Crippen molar-refractivity contribution in [2.24, 2.45) is 5.92 Å². The summed E-state index contributed by atoms with van der Waals surface area (Å²) in [6.07, 6.45) is -0.276. The summed E-state index contributed by atoms with van der Waals surface area (Å²) in [7, 11) is -3.70. The van der Waals surface area contributed by atoms with Gasteiger partial charge < -0.3 is 9.47 Å². The summed E-state index contributed by atoms with van der Waals surface area (Å²) in [6.45, 7) is 1.01. The van der Waals surface area contributed by atoms with Gasteiger partial charge in [0.05, 0.1) is 17.3 Å². The number of hydrogen-bond acceptors (Lipinski definition) is 4. The molecule has 0 spiro atoms. The van der Waals surface area contributed by atoms with E-state index >= 15 is 0 Å². The van der Waals surface area contributed by atoms with Crippen molar-refractivity contribution >= 4 is 9.84 Å². The molecule has 1 aromatic rings. The highest BCUT2D eigenvalue weighted by atomic mass is 32.2. The molecule has 1 aliphatic heterocycles. The van der Waals surface area contributed by atoms with E-state index in [1.165, 1.54) is 12.1 Å². The van der Waals surface area contributed by atoms with Gasteiger partial charge in [0.2, 0.25) is 0 Å². The van der Waals surface area contributed by atoms with Crippen molar-refractivity contribution in [3.8, 4) is 5.75 Å². The zero-order valence-corrected chi connectivity index (χ0v) is 11.4. The molecular formula is C13H14F2O4S. The molecule has 3 rings (SSSR count). The molecule has 110 valence electrons. The second-order valence-electron chi connectivity index (χ2n) is 5.18. The lowest BCUT2D eigenvalue weighted by molar-refractivity contribution is 0.103. The summed E-state index contributed by atoms with van der Waals surface area (Å²) in [5, 5.41) is 0. The molecule has 1 aromatic carbocycles. The van der Waals surface area contributed by atoms with Gasteiger partial charge in [0, 0.05) is 12.3 Å². The predicted octanol–water partition coefficient (Wildman–Crippen LogP) is 1.89. The Morgan fingerprint density at radius 3 is 2.70 bits per heavy atom. The molecule has 0 N–H and O–H groups in total. The van der Waals surface area contributed by atoms with Crippen LogP contribution in [-0.2, 0) is 14.6 Å². The molecule has 2 aliphatic rings. The highest BCUT2D eigenvalue weighted by Gasteiger charge is 2.58. The Kier molecular flexibility index (Phi) is 3.21. The molecule has 1 aliphatic carbocycles. The summed E-state index contributed by atoms with van der Waals surface area (Å²) in [5.74, 6) is -4.00. The van der Waals surface area contributed by atoms with Crippen LogP contribution in [-0.4, -0.2) is 39.4 Å². The van der Waals surface area contributed by atoms with E-state index in [2.05, 4.69) is 0 Å². The highest BCUT2D eigenvalue weighted by Crippen LogP contribution is 2.49. The normalized spacial score (nSPS) is 27.1. The third-order valence-electron chi connectivity index (χ3n) is 3.38. The van der Waals surface area contributed by atoms with E-state index in [1.54, 1.807) is 12.1 Å². The Hall–Kier alpha value is -1.21. The minimum absolute atomic E-state index is 0.0226. The zero-order chi connectivity index (χ0) is 14.4. The third-order valence-corrected chi connectivity index (χ3v) is 5.19. The lowest BCUT2D eigenvalue weighted by Gasteiger charge is -2.07. The molecule has 1 saturated heterocycles. The number of rotatable bonds is 6. The second kappa shape index (κ2) is 4.66. The van der Waals surface area contributed by atoms with E-state index in [0.29, 0.717) is 19.0 Å². The number of hydrogen-bond donors (Lipinski definition) is 0. The predicted molar refractivity (Wildman–Crippen MR) is 66.8 cm³/mol. The Bertz CT molecular complexity index is 611. The molecule has 1 saturated carbocycles. The topological polar surface area (TPSA) is 55.9 Å². The van der Waals surface area contributed by atoms with E-state index in [-0.39, 0.29) is 17.4 Å². The van der Waals surface area contributed by atoms with Crippen LogP contribution in [0.25, 0.3) is 0 Å². The molecule has 0 radical (unpaired) electrons. The SMILES string of the molecule is O=S(=O)(CC1CC1(F)F)c1cccc(OC[C@@H]2CO2)c1. The van der Waals surface area contributed by atoms with Crippen LogP contribution in [0.4, 0.5) is 8.78 Å². The van der Waals surface area contributed by atoms with Crippen molar-refractivity contribution in [1.29, 1.82) is 0 Å². The van der Waals surface area contributed by atoms with Gasteiger partial charge in [-0.1, -0.05) is 6.07 Å². The van der Waals surface area contributed by atoms with Crippen molar-refractivity contribution < 1.29 is 26.7 Å². The number of sulfone groups is 1. The van der Waals surface area contributed by atoms with E-state index in [1.807, 2.05) is 0 Å². The lowest BCUT2D eigenvalue weighted by atomic mass is 10.3. The number of ether oxygens (including phenoxy) is 2. The van der Waals surface area contributed by atoms with E-state index in [0.717, 1.165) is 0 Å². The van der Waals surface area contributed by atoms with Crippen LogP contribution in [0.2, 0.25) is 0 Å². The molecule has 4 nitrogen and oxygen atoms in total. The van der Waals surface area contributed by atoms with Crippen LogP contribution in [0.5, 0.6) is 5.75 Å². The smallest absolute Gasteiger partial charge is 0.252 e. The zero-order valence-electron chi connectivity index (χ0n) is 10.6. The minimum Gasteiger partial charge on any atom is -0.491 e. The maximum Gasteiger partial charge on any atom is 0.252 e. The maximum atomic E-state index is 12.8. The van der Waals surface area contributed by atoms with E-state index in [4.69, 9.17) is 9.47 Å². The first kappa shape index (κ1) is 13.8. The van der Waals surface area contributed by atoms with Crippen molar-refractivity contribution in [3.63, 3.8) is 0 Å². The van der Waals surface area contributed by atoms with Crippen molar-refractivity contribution in [1.82, 2.24) is 0 Å². The van der Waals surface area contributed by atoms with Crippen LogP contribution in [0, 0.1) is 5.92 Å². The van der Waals surface area contributed by atoms with Crippen LogP contribution in [0.3, 0.4) is 0 Å². The summed E-state index contributed by atoms with van der Waals surface area (Å²) in [5.41, 5.74) is 0. The monoisotopic (exact) mass is 304 g/mol. The van der Waals surface area contributed by atoms with E-state index in [9.17, 15) is 17.2 Å². The van der Waals surface area contributed by atoms with Crippen LogP contribution < -0.4 is 4.74 Å². The average Bonchev–Trinajstić information content (AvgIpc) is 3.27. The first-order chi connectivity index (χ1) is 9.37. The first-order valence-corrected chi connectivity index (χ1v) is 7.97. The summed E-state index contributed by atoms with van der Waals surface area (Å²) in [6, 6.07) is 5.95. The fourth-order valence-electron chi connectivity index (χ4n) is 1.92. The lowest BCUT2D eigenvalue weighted by Crippen LogP contribution is -2.12. The molecule has 0 aromatic heterocycles. The van der Waals surface area contributed by atoms with Crippen LogP contribution >= 0.6 is 0 Å². The molecule has 20 heavy (non-hydrogen) atoms. The standard InChI is InChI=1S/C13H14F2O4S/c14-13(15)5-9(13)8-20(16,17)12-3-1-2-10(4-12)18-6-11-7-19-11/h1-4,9,11H,5-8H2/t9?,11-/m1/s1. The molecule has 2 fully saturated rings. The maximum absolute atomic E-state index is 12.8.